The van der Waals surface area contributed by atoms with E-state index in [9.17, 15) is 9.59 Å². The molecule has 0 aromatic heterocycles. The van der Waals surface area contributed by atoms with Gasteiger partial charge in [-0.05, 0) is 12.6 Å². The van der Waals surface area contributed by atoms with Crippen molar-refractivity contribution >= 4 is 11.9 Å². The number of rotatable bonds is 3. The van der Waals surface area contributed by atoms with Gasteiger partial charge in [0, 0.05) is 6.54 Å². The average Bonchev–Trinajstić information content (AvgIpc) is 2.36. The van der Waals surface area contributed by atoms with Crippen LogP contribution in [0, 0.1) is 0 Å². The summed E-state index contributed by atoms with van der Waals surface area (Å²) >= 11 is 0. The average molecular weight is 248 g/mol. The summed E-state index contributed by atoms with van der Waals surface area (Å²) in [5.41, 5.74) is 6.91. The number of amides is 3. The van der Waals surface area contributed by atoms with Crippen LogP contribution in [0.25, 0.3) is 0 Å². The molecule has 1 saturated heterocycles. The molecule has 2 rings (SSSR count). The van der Waals surface area contributed by atoms with E-state index in [4.69, 9.17) is 5.73 Å². The predicted octanol–water partition coefficient (Wildman–Crippen LogP) is -0.389. The molecule has 3 amide bonds. The number of likely N-dealkylation sites (N-methyl/N-ethyl adjacent to an activating group) is 1. The predicted molar refractivity (Wildman–Crippen MR) is 66.3 cm³/mol. The minimum Gasteiger partial charge on any atom is -0.309 e. The Hall–Kier alpha value is -1.92. The highest BCUT2D eigenvalue weighted by molar-refractivity contribution is 6.00. The first-order chi connectivity index (χ1) is 8.63. The number of imide groups is 1. The van der Waals surface area contributed by atoms with Crippen molar-refractivity contribution in [1.29, 1.82) is 0 Å². The lowest BCUT2D eigenvalue weighted by Gasteiger charge is -2.37. The number of urea groups is 1. The molecule has 96 valence electrons. The van der Waals surface area contributed by atoms with Crippen LogP contribution in [-0.2, 0) is 11.3 Å². The van der Waals surface area contributed by atoms with Crippen LogP contribution in [0.5, 0.6) is 0 Å². The fourth-order valence-electron chi connectivity index (χ4n) is 1.98. The molecule has 1 aliphatic heterocycles. The van der Waals surface area contributed by atoms with E-state index in [2.05, 4.69) is 10.6 Å². The molecule has 1 aromatic carbocycles. The Morgan fingerprint density at radius 3 is 2.61 bits per heavy atom. The topological polar surface area (TPSA) is 87.5 Å². The summed E-state index contributed by atoms with van der Waals surface area (Å²) < 4.78 is 0. The lowest BCUT2D eigenvalue weighted by atomic mass is 10.1. The molecular weight excluding hydrogens is 232 g/mol. The molecule has 0 spiro atoms. The van der Waals surface area contributed by atoms with Gasteiger partial charge in [0.05, 0.1) is 0 Å². The third-order valence-electron chi connectivity index (χ3n) is 2.98. The standard InChI is InChI=1S/C12H16N4O2/c1-14-9-10(13)16(12(18)15-11(9)17)7-8-5-3-2-4-6-8/h2-6,9-10,14H,7,13H2,1H3,(H,15,17,18). The molecule has 0 aliphatic carbocycles. The molecule has 1 fully saturated rings. The van der Waals surface area contributed by atoms with E-state index in [1.807, 2.05) is 30.3 Å². The second-order valence-corrected chi connectivity index (χ2v) is 4.16. The van der Waals surface area contributed by atoms with Gasteiger partial charge in [-0.2, -0.15) is 0 Å². The Morgan fingerprint density at radius 1 is 1.33 bits per heavy atom. The number of carbonyl (C=O) groups excluding carboxylic acids is 2. The molecule has 0 saturated carbocycles. The summed E-state index contributed by atoms with van der Waals surface area (Å²) in [4.78, 5) is 24.8. The summed E-state index contributed by atoms with van der Waals surface area (Å²) in [6.07, 6.45) is -0.670. The van der Waals surface area contributed by atoms with Crippen molar-refractivity contribution in [3.05, 3.63) is 35.9 Å². The maximum Gasteiger partial charge on any atom is 0.325 e. The highest BCUT2D eigenvalue weighted by Crippen LogP contribution is 2.12. The third-order valence-corrected chi connectivity index (χ3v) is 2.98. The highest BCUT2D eigenvalue weighted by Gasteiger charge is 2.38. The van der Waals surface area contributed by atoms with E-state index in [0.717, 1.165) is 5.56 Å². The SMILES string of the molecule is CNC1C(=O)NC(=O)N(Cc2ccccc2)C1N. The highest BCUT2D eigenvalue weighted by atomic mass is 16.2. The molecule has 2 unspecified atom stereocenters. The van der Waals surface area contributed by atoms with Crippen molar-refractivity contribution in [2.45, 2.75) is 18.8 Å². The molecule has 6 nitrogen and oxygen atoms in total. The van der Waals surface area contributed by atoms with Crippen LogP contribution in [0.15, 0.2) is 30.3 Å². The largest absolute Gasteiger partial charge is 0.325 e. The van der Waals surface area contributed by atoms with E-state index in [-0.39, 0.29) is 5.91 Å². The molecular formula is C12H16N4O2. The third kappa shape index (κ3) is 2.34. The molecule has 1 heterocycles. The van der Waals surface area contributed by atoms with Gasteiger partial charge in [0.2, 0.25) is 5.91 Å². The minimum atomic E-state index is -0.670. The number of benzene rings is 1. The van der Waals surface area contributed by atoms with Crippen molar-refractivity contribution in [1.82, 2.24) is 15.5 Å². The Kier molecular flexibility index (Phi) is 3.59. The number of nitrogens with one attached hydrogen (secondary N) is 2. The van der Waals surface area contributed by atoms with Crippen LogP contribution < -0.4 is 16.4 Å². The second kappa shape index (κ2) is 5.16. The van der Waals surface area contributed by atoms with E-state index in [1.54, 1.807) is 7.05 Å². The Balaban J connectivity index is 2.16. The molecule has 1 aliphatic rings. The quantitative estimate of drug-likeness (QED) is 0.680. The van der Waals surface area contributed by atoms with Crippen LogP contribution in [0.3, 0.4) is 0 Å². The van der Waals surface area contributed by atoms with Gasteiger partial charge < -0.3 is 16.0 Å². The van der Waals surface area contributed by atoms with Crippen LogP contribution in [0.2, 0.25) is 0 Å². The Morgan fingerprint density at radius 2 is 2.00 bits per heavy atom. The smallest absolute Gasteiger partial charge is 0.309 e. The molecule has 4 N–H and O–H groups in total. The summed E-state index contributed by atoms with van der Waals surface area (Å²) in [6, 6.07) is 8.46. The maximum atomic E-state index is 11.8. The first-order valence-electron chi connectivity index (χ1n) is 5.71. The maximum absolute atomic E-state index is 11.8. The number of nitrogens with zero attached hydrogens (tertiary/aromatic N) is 1. The van der Waals surface area contributed by atoms with Crippen molar-refractivity contribution in [3.8, 4) is 0 Å². The minimum absolute atomic E-state index is 0.374. The van der Waals surface area contributed by atoms with E-state index in [1.165, 1.54) is 4.90 Å². The normalized spacial score (nSPS) is 24.0. The summed E-state index contributed by atoms with van der Waals surface area (Å²) in [5.74, 6) is -0.390. The first-order valence-corrected chi connectivity index (χ1v) is 5.71. The number of hydrogen-bond donors (Lipinski definition) is 3. The van der Waals surface area contributed by atoms with Gasteiger partial charge in [-0.1, -0.05) is 30.3 Å². The molecule has 6 heteroatoms. The second-order valence-electron chi connectivity index (χ2n) is 4.16. The van der Waals surface area contributed by atoms with Gasteiger partial charge in [0.15, 0.2) is 0 Å². The van der Waals surface area contributed by atoms with Crippen LogP contribution >= 0.6 is 0 Å². The van der Waals surface area contributed by atoms with Gasteiger partial charge in [0.1, 0.15) is 12.2 Å². The van der Waals surface area contributed by atoms with Crippen molar-refractivity contribution in [2.75, 3.05) is 7.05 Å². The first kappa shape index (κ1) is 12.5. The van der Waals surface area contributed by atoms with E-state index in [0.29, 0.717) is 6.54 Å². The number of carbonyl (C=O) groups is 2. The van der Waals surface area contributed by atoms with Crippen molar-refractivity contribution in [2.24, 2.45) is 5.73 Å². The zero-order chi connectivity index (χ0) is 13.1. The van der Waals surface area contributed by atoms with E-state index < -0.39 is 18.2 Å². The zero-order valence-electron chi connectivity index (χ0n) is 10.1. The Bertz CT molecular complexity index is 449. The fraction of sp³-hybridized carbons (Fsp3) is 0.333. The van der Waals surface area contributed by atoms with Gasteiger partial charge in [-0.3, -0.25) is 10.1 Å². The van der Waals surface area contributed by atoms with Crippen LogP contribution in [0.1, 0.15) is 5.56 Å². The van der Waals surface area contributed by atoms with Crippen molar-refractivity contribution in [3.63, 3.8) is 0 Å². The molecule has 0 bridgehead atoms. The van der Waals surface area contributed by atoms with Gasteiger partial charge in [-0.15, -0.1) is 0 Å². The summed E-state index contributed by atoms with van der Waals surface area (Å²) in [5, 5.41) is 5.10. The zero-order valence-corrected chi connectivity index (χ0v) is 10.1. The van der Waals surface area contributed by atoms with Gasteiger partial charge >= 0.3 is 6.03 Å². The van der Waals surface area contributed by atoms with Crippen LogP contribution in [-0.4, -0.2) is 36.1 Å². The monoisotopic (exact) mass is 248 g/mol. The lowest BCUT2D eigenvalue weighted by Crippen LogP contribution is -2.69. The Labute approximate surface area is 105 Å². The van der Waals surface area contributed by atoms with Crippen LogP contribution in [0.4, 0.5) is 4.79 Å². The number of hydrogen-bond acceptors (Lipinski definition) is 4. The van der Waals surface area contributed by atoms with E-state index >= 15 is 0 Å². The summed E-state index contributed by atoms with van der Waals surface area (Å²) in [6.45, 7) is 0.374. The fourth-order valence-corrected chi connectivity index (χ4v) is 1.98. The molecule has 2 atom stereocenters. The molecule has 18 heavy (non-hydrogen) atoms. The lowest BCUT2D eigenvalue weighted by molar-refractivity contribution is -0.125. The van der Waals surface area contributed by atoms with Gasteiger partial charge in [-0.25, -0.2) is 4.79 Å². The van der Waals surface area contributed by atoms with Gasteiger partial charge in [0.25, 0.3) is 0 Å². The van der Waals surface area contributed by atoms with Crippen molar-refractivity contribution < 1.29 is 9.59 Å². The number of nitrogens with two attached hydrogens (primary N) is 1. The molecule has 1 aromatic rings. The summed E-state index contributed by atoms with van der Waals surface area (Å²) in [7, 11) is 1.64. The molecule has 0 radical (unpaired) electrons.